The topological polar surface area (TPSA) is 78.0 Å². The summed E-state index contributed by atoms with van der Waals surface area (Å²) in [6, 6.07) is 10.7. The summed E-state index contributed by atoms with van der Waals surface area (Å²) in [5.74, 6) is 1.24. The zero-order valence-electron chi connectivity index (χ0n) is 11.6. The van der Waals surface area contributed by atoms with Crippen molar-refractivity contribution in [3.05, 3.63) is 58.1 Å². The molecule has 0 amide bonds. The maximum atomic E-state index is 11.6. The number of aliphatic hydroxyl groups excluding tert-OH is 1. The Labute approximate surface area is 117 Å². The highest BCUT2D eigenvalue weighted by Crippen LogP contribution is 2.18. The summed E-state index contributed by atoms with van der Waals surface area (Å²) in [5, 5.41) is 12.6. The van der Waals surface area contributed by atoms with Crippen LogP contribution in [0.25, 0.3) is 0 Å². The van der Waals surface area contributed by atoms with Gasteiger partial charge in [0.2, 0.25) is 0 Å². The van der Waals surface area contributed by atoms with E-state index in [-0.39, 0.29) is 24.1 Å². The lowest BCUT2D eigenvalue weighted by Crippen LogP contribution is -2.19. The summed E-state index contributed by atoms with van der Waals surface area (Å²) in [4.78, 5) is 18.7. The number of nitrogens with one attached hydrogen (secondary N) is 2. The smallest absolute Gasteiger partial charge is 0.252 e. The van der Waals surface area contributed by atoms with E-state index in [1.54, 1.807) is 0 Å². The molecule has 3 N–H and O–H groups in total. The van der Waals surface area contributed by atoms with Gasteiger partial charge in [-0.1, -0.05) is 44.2 Å². The second-order valence-corrected chi connectivity index (χ2v) is 4.96. The molecule has 0 bridgehead atoms. The molecule has 1 unspecified atom stereocenters. The number of aliphatic hydroxyl groups is 1. The van der Waals surface area contributed by atoms with Crippen LogP contribution in [0.5, 0.6) is 0 Å². The molecular formula is C15H19N3O2. The first kappa shape index (κ1) is 14.3. The van der Waals surface area contributed by atoms with Crippen LogP contribution in [0.2, 0.25) is 0 Å². The van der Waals surface area contributed by atoms with E-state index in [1.807, 2.05) is 44.2 Å². The summed E-state index contributed by atoms with van der Waals surface area (Å²) < 4.78 is 0. The SMILES string of the molecule is CC(C)c1nc(NC(CO)c2ccccc2)cc(=O)[nH]1. The van der Waals surface area contributed by atoms with Crippen LogP contribution in [0.4, 0.5) is 5.82 Å². The first-order valence-corrected chi connectivity index (χ1v) is 6.63. The number of anilines is 1. The van der Waals surface area contributed by atoms with E-state index in [1.165, 1.54) is 6.07 Å². The van der Waals surface area contributed by atoms with Gasteiger partial charge in [0.15, 0.2) is 0 Å². The summed E-state index contributed by atoms with van der Waals surface area (Å²) >= 11 is 0. The number of H-pyrrole nitrogens is 1. The van der Waals surface area contributed by atoms with Gasteiger partial charge in [0.1, 0.15) is 11.6 Å². The monoisotopic (exact) mass is 273 g/mol. The molecule has 2 rings (SSSR count). The van der Waals surface area contributed by atoms with Crippen LogP contribution in [-0.2, 0) is 0 Å². The van der Waals surface area contributed by atoms with Crippen molar-refractivity contribution in [3.63, 3.8) is 0 Å². The van der Waals surface area contributed by atoms with Crippen LogP contribution < -0.4 is 10.9 Å². The molecule has 20 heavy (non-hydrogen) atoms. The minimum atomic E-state index is -0.287. The molecule has 1 heterocycles. The Morgan fingerprint density at radius 3 is 2.60 bits per heavy atom. The van der Waals surface area contributed by atoms with Gasteiger partial charge >= 0.3 is 0 Å². The number of rotatable bonds is 5. The average molecular weight is 273 g/mol. The molecule has 0 spiro atoms. The molecule has 1 atom stereocenters. The molecule has 1 aromatic carbocycles. The van der Waals surface area contributed by atoms with Crippen LogP contribution in [0, 0.1) is 0 Å². The highest BCUT2D eigenvalue weighted by molar-refractivity contribution is 5.38. The van der Waals surface area contributed by atoms with E-state index in [2.05, 4.69) is 15.3 Å². The third kappa shape index (κ3) is 3.45. The van der Waals surface area contributed by atoms with Gasteiger partial charge in [0.25, 0.3) is 5.56 Å². The highest BCUT2D eigenvalue weighted by Gasteiger charge is 2.12. The molecule has 1 aromatic heterocycles. The predicted molar refractivity (Wildman–Crippen MR) is 78.8 cm³/mol. The Balaban J connectivity index is 2.26. The average Bonchev–Trinajstić information content (AvgIpc) is 2.45. The lowest BCUT2D eigenvalue weighted by molar-refractivity contribution is 0.276. The van der Waals surface area contributed by atoms with Crippen molar-refractivity contribution >= 4 is 5.82 Å². The number of benzene rings is 1. The Morgan fingerprint density at radius 1 is 1.30 bits per heavy atom. The number of aromatic nitrogens is 2. The van der Waals surface area contributed by atoms with Crippen molar-refractivity contribution in [3.8, 4) is 0 Å². The molecule has 0 aliphatic heterocycles. The van der Waals surface area contributed by atoms with Gasteiger partial charge in [-0.3, -0.25) is 4.79 Å². The van der Waals surface area contributed by atoms with Gasteiger partial charge in [-0.2, -0.15) is 0 Å². The molecular weight excluding hydrogens is 254 g/mol. The Kier molecular flexibility index (Phi) is 4.53. The molecule has 5 nitrogen and oxygen atoms in total. The lowest BCUT2D eigenvalue weighted by atomic mass is 10.1. The number of nitrogens with zero attached hydrogens (tertiary/aromatic N) is 1. The van der Waals surface area contributed by atoms with Gasteiger partial charge in [0, 0.05) is 12.0 Å². The van der Waals surface area contributed by atoms with Crippen molar-refractivity contribution < 1.29 is 5.11 Å². The van der Waals surface area contributed by atoms with Crippen molar-refractivity contribution in [2.24, 2.45) is 0 Å². The fourth-order valence-corrected chi connectivity index (χ4v) is 1.92. The largest absolute Gasteiger partial charge is 0.394 e. The summed E-state index contributed by atoms with van der Waals surface area (Å²) in [6.45, 7) is 3.85. The standard InChI is InChI=1S/C15H19N3O2/c1-10(2)15-17-13(8-14(20)18-15)16-12(9-19)11-6-4-3-5-7-11/h3-8,10,12,19H,9H2,1-2H3,(H2,16,17,18,20). The van der Waals surface area contributed by atoms with E-state index in [9.17, 15) is 9.90 Å². The van der Waals surface area contributed by atoms with Gasteiger partial charge < -0.3 is 15.4 Å². The van der Waals surface area contributed by atoms with Gasteiger partial charge in [0.05, 0.1) is 12.6 Å². The molecule has 0 saturated carbocycles. The zero-order valence-corrected chi connectivity index (χ0v) is 11.6. The van der Waals surface area contributed by atoms with E-state index in [0.717, 1.165) is 5.56 Å². The minimum absolute atomic E-state index is 0.0739. The maximum absolute atomic E-state index is 11.6. The quantitative estimate of drug-likeness (QED) is 0.779. The third-order valence-corrected chi connectivity index (χ3v) is 3.01. The van der Waals surface area contributed by atoms with Crippen LogP contribution in [0.3, 0.4) is 0 Å². The fourth-order valence-electron chi connectivity index (χ4n) is 1.92. The van der Waals surface area contributed by atoms with Crippen molar-refractivity contribution in [1.82, 2.24) is 9.97 Å². The number of hydrogen-bond donors (Lipinski definition) is 3. The molecule has 106 valence electrons. The predicted octanol–water partition coefficient (Wildman–Crippen LogP) is 2.04. The molecule has 0 fully saturated rings. The van der Waals surface area contributed by atoms with E-state index < -0.39 is 0 Å². The van der Waals surface area contributed by atoms with Crippen molar-refractivity contribution in [1.29, 1.82) is 0 Å². The van der Waals surface area contributed by atoms with Crippen LogP contribution in [0.1, 0.15) is 37.2 Å². The molecule has 0 saturated heterocycles. The van der Waals surface area contributed by atoms with E-state index >= 15 is 0 Å². The molecule has 0 radical (unpaired) electrons. The van der Waals surface area contributed by atoms with Crippen LogP contribution >= 0.6 is 0 Å². The molecule has 0 aliphatic carbocycles. The number of hydrogen-bond acceptors (Lipinski definition) is 4. The lowest BCUT2D eigenvalue weighted by Gasteiger charge is -2.18. The summed E-state index contributed by atoms with van der Waals surface area (Å²) in [5.41, 5.74) is 0.749. The van der Waals surface area contributed by atoms with Crippen LogP contribution in [-0.4, -0.2) is 21.7 Å². The molecule has 0 aliphatic rings. The maximum Gasteiger partial charge on any atom is 0.252 e. The highest BCUT2D eigenvalue weighted by atomic mass is 16.3. The fraction of sp³-hybridized carbons (Fsp3) is 0.333. The Morgan fingerprint density at radius 2 is 2.00 bits per heavy atom. The van der Waals surface area contributed by atoms with Gasteiger partial charge in [-0.25, -0.2) is 4.98 Å². The van der Waals surface area contributed by atoms with Gasteiger partial charge in [-0.15, -0.1) is 0 Å². The first-order chi connectivity index (χ1) is 9.60. The van der Waals surface area contributed by atoms with E-state index in [0.29, 0.717) is 11.6 Å². The first-order valence-electron chi connectivity index (χ1n) is 6.63. The van der Waals surface area contributed by atoms with Crippen LogP contribution in [0.15, 0.2) is 41.2 Å². The third-order valence-electron chi connectivity index (χ3n) is 3.01. The summed E-state index contributed by atoms with van der Waals surface area (Å²) in [6.07, 6.45) is 0. The second-order valence-electron chi connectivity index (χ2n) is 4.96. The molecule has 2 aromatic rings. The zero-order chi connectivity index (χ0) is 14.5. The number of aromatic amines is 1. The van der Waals surface area contributed by atoms with E-state index in [4.69, 9.17) is 0 Å². The normalized spacial score (nSPS) is 12.4. The Hall–Kier alpha value is -2.14. The summed E-state index contributed by atoms with van der Waals surface area (Å²) in [7, 11) is 0. The Bertz CT molecular complexity index is 608. The van der Waals surface area contributed by atoms with Crippen molar-refractivity contribution in [2.45, 2.75) is 25.8 Å². The van der Waals surface area contributed by atoms with Crippen molar-refractivity contribution in [2.75, 3.05) is 11.9 Å². The molecule has 5 heteroatoms. The second kappa shape index (κ2) is 6.34. The van der Waals surface area contributed by atoms with Gasteiger partial charge in [-0.05, 0) is 5.56 Å². The minimum Gasteiger partial charge on any atom is -0.394 e.